The number of carbonyl (C=O) groups is 2. The summed E-state index contributed by atoms with van der Waals surface area (Å²) < 4.78 is 0. The molecule has 1 aliphatic carbocycles. The van der Waals surface area contributed by atoms with E-state index in [1.807, 2.05) is 47.1 Å². The van der Waals surface area contributed by atoms with Gasteiger partial charge in [0, 0.05) is 45.2 Å². The smallest absolute Gasteiger partial charge is 0.242 e. The molecule has 32 heavy (non-hydrogen) atoms. The van der Waals surface area contributed by atoms with E-state index in [0.717, 1.165) is 31.4 Å². The summed E-state index contributed by atoms with van der Waals surface area (Å²) in [7, 11) is 1.71. The number of amides is 2. The van der Waals surface area contributed by atoms with Crippen molar-refractivity contribution in [1.29, 1.82) is 0 Å². The monoisotopic (exact) mass is 555 g/mol. The van der Waals surface area contributed by atoms with Crippen LogP contribution in [0.2, 0.25) is 0 Å². The Morgan fingerprint density at radius 3 is 2.50 bits per heavy atom. The van der Waals surface area contributed by atoms with Gasteiger partial charge in [-0.25, -0.2) is 0 Å². The molecule has 178 valence electrons. The van der Waals surface area contributed by atoms with E-state index in [1.54, 1.807) is 7.05 Å². The normalized spacial score (nSPS) is 19.2. The summed E-state index contributed by atoms with van der Waals surface area (Å²) in [4.78, 5) is 33.6. The third-order valence-corrected chi connectivity index (χ3v) is 6.38. The number of halogens is 1. The SMILES string of the molecule is CCN(Cc1ccccc1)C(=O)CNC(=NC)NC1CCN(C(=O)C2CCCCC2)C1.I. The Hall–Kier alpha value is -1.84. The van der Waals surface area contributed by atoms with Crippen LogP contribution in [0.4, 0.5) is 0 Å². The number of nitrogens with zero attached hydrogens (tertiary/aromatic N) is 3. The van der Waals surface area contributed by atoms with Gasteiger partial charge in [-0.3, -0.25) is 14.6 Å². The Balaban J connectivity index is 0.00000363. The van der Waals surface area contributed by atoms with E-state index < -0.39 is 0 Å². The molecule has 1 aromatic carbocycles. The van der Waals surface area contributed by atoms with Crippen LogP contribution in [-0.2, 0) is 16.1 Å². The minimum atomic E-state index is 0. The van der Waals surface area contributed by atoms with E-state index in [4.69, 9.17) is 0 Å². The number of likely N-dealkylation sites (tertiary alicyclic amines) is 1. The van der Waals surface area contributed by atoms with Gasteiger partial charge in [-0.05, 0) is 31.7 Å². The number of benzene rings is 1. The molecule has 3 rings (SSSR count). The first-order chi connectivity index (χ1) is 15.1. The Labute approximate surface area is 209 Å². The fraction of sp³-hybridized carbons (Fsp3) is 0.625. The molecule has 0 aromatic heterocycles. The number of likely N-dealkylation sites (N-methyl/N-ethyl adjacent to an activating group) is 1. The highest BCUT2D eigenvalue weighted by Gasteiger charge is 2.31. The number of nitrogens with one attached hydrogen (secondary N) is 2. The van der Waals surface area contributed by atoms with Crippen molar-refractivity contribution >= 4 is 41.8 Å². The van der Waals surface area contributed by atoms with Crippen LogP contribution >= 0.6 is 24.0 Å². The minimum Gasteiger partial charge on any atom is -0.352 e. The lowest BCUT2D eigenvalue weighted by atomic mass is 9.88. The van der Waals surface area contributed by atoms with Crippen molar-refractivity contribution in [2.75, 3.05) is 33.2 Å². The molecule has 2 amide bonds. The minimum absolute atomic E-state index is 0. The highest BCUT2D eigenvalue weighted by atomic mass is 127. The van der Waals surface area contributed by atoms with E-state index in [0.29, 0.717) is 31.5 Å². The third kappa shape index (κ3) is 7.64. The van der Waals surface area contributed by atoms with Gasteiger partial charge in [-0.2, -0.15) is 0 Å². The molecule has 1 saturated carbocycles. The molecule has 1 unspecified atom stereocenters. The highest BCUT2D eigenvalue weighted by molar-refractivity contribution is 14.0. The maximum atomic E-state index is 12.8. The molecule has 2 fully saturated rings. The van der Waals surface area contributed by atoms with Crippen molar-refractivity contribution in [3.63, 3.8) is 0 Å². The number of guanidine groups is 1. The molecule has 8 heteroatoms. The summed E-state index contributed by atoms with van der Waals surface area (Å²) in [5.41, 5.74) is 1.12. The van der Waals surface area contributed by atoms with Gasteiger partial charge in [0.15, 0.2) is 5.96 Å². The summed E-state index contributed by atoms with van der Waals surface area (Å²) >= 11 is 0. The summed E-state index contributed by atoms with van der Waals surface area (Å²) in [6.45, 7) is 4.94. The Morgan fingerprint density at radius 1 is 1.12 bits per heavy atom. The number of hydrogen-bond donors (Lipinski definition) is 2. The molecule has 2 N–H and O–H groups in total. The molecule has 1 heterocycles. The van der Waals surface area contributed by atoms with Gasteiger partial charge >= 0.3 is 0 Å². The van der Waals surface area contributed by atoms with Crippen LogP contribution < -0.4 is 10.6 Å². The van der Waals surface area contributed by atoms with E-state index in [1.165, 1.54) is 19.3 Å². The van der Waals surface area contributed by atoms with Gasteiger partial charge in [-0.1, -0.05) is 49.6 Å². The fourth-order valence-corrected chi connectivity index (χ4v) is 4.53. The average Bonchev–Trinajstić information content (AvgIpc) is 3.29. The van der Waals surface area contributed by atoms with Crippen LogP contribution in [0.5, 0.6) is 0 Å². The molecule has 0 radical (unpaired) electrons. The summed E-state index contributed by atoms with van der Waals surface area (Å²) in [5.74, 6) is 1.18. The van der Waals surface area contributed by atoms with Gasteiger partial charge in [0.1, 0.15) is 0 Å². The highest BCUT2D eigenvalue weighted by Crippen LogP contribution is 2.26. The Kier molecular flexibility index (Phi) is 11.3. The second-order valence-corrected chi connectivity index (χ2v) is 8.57. The van der Waals surface area contributed by atoms with Crippen LogP contribution in [0, 0.1) is 5.92 Å². The second kappa shape index (κ2) is 13.6. The maximum Gasteiger partial charge on any atom is 0.242 e. The standard InChI is InChI=1S/C24H37N5O2.HI/c1-3-28(17-19-10-6-4-7-11-19)22(30)16-26-24(25-2)27-21-14-15-29(18-21)23(31)20-12-8-5-9-13-20;/h4,6-7,10-11,20-21H,3,5,8-9,12-18H2,1-2H3,(H2,25,26,27);1H. The lowest BCUT2D eigenvalue weighted by Gasteiger charge is -2.26. The predicted octanol–water partition coefficient (Wildman–Crippen LogP) is 3.00. The average molecular weight is 556 g/mol. The molecule has 1 aliphatic heterocycles. The second-order valence-electron chi connectivity index (χ2n) is 8.57. The molecule has 1 atom stereocenters. The lowest BCUT2D eigenvalue weighted by molar-refractivity contribution is -0.135. The largest absolute Gasteiger partial charge is 0.352 e. The lowest BCUT2D eigenvalue weighted by Crippen LogP contribution is -2.48. The van der Waals surface area contributed by atoms with E-state index in [2.05, 4.69) is 15.6 Å². The molecule has 0 spiro atoms. The van der Waals surface area contributed by atoms with Crippen LogP contribution in [0.1, 0.15) is 51.0 Å². The predicted molar refractivity (Wildman–Crippen MR) is 139 cm³/mol. The van der Waals surface area contributed by atoms with Crippen molar-refractivity contribution in [3.8, 4) is 0 Å². The molecule has 2 aliphatic rings. The van der Waals surface area contributed by atoms with Gasteiger partial charge in [0.2, 0.25) is 11.8 Å². The zero-order valence-electron chi connectivity index (χ0n) is 19.4. The van der Waals surface area contributed by atoms with Gasteiger partial charge in [-0.15, -0.1) is 24.0 Å². The van der Waals surface area contributed by atoms with Crippen molar-refractivity contribution in [1.82, 2.24) is 20.4 Å². The van der Waals surface area contributed by atoms with Crippen LogP contribution in [0.15, 0.2) is 35.3 Å². The van der Waals surface area contributed by atoms with Gasteiger partial charge in [0.05, 0.1) is 6.54 Å². The topological polar surface area (TPSA) is 77.0 Å². The van der Waals surface area contributed by atoms with Gasteiger partial charge < -0.3 is 20.4 Å². The summed E-state index contributed by atoms with van der Waals surface area (Å²) in [6, 6.07) is 10.2. The number of hydrogen-bond acceptors (Lipinski definition) is 3. The fourth-order valence-electron chi connectivity index (χ4n) is 4.53. The summed E-state index contributed by atoms with van der Waals surface area (Å²) in [5, 5.41) is 6.54. The zero-order chi connectivity index (χ0) is 22.1. The molecule has 1 aromatic rings. The Morgan fingerprint density at radius 2 is 1.84 bits per heavy atom. The van der Waals surface area contributed by atoms with Crippen molar-refractivity contribution in [3.05, 3.63) is 35.9 Å². The summed E-state index contributed by atoms with van der Waals surface area (Å²) in [6.07, 6.45) is 6.59. The number of carbonyl (C=O) groups excluding carboxylic acids is 2. The van der Waals surface area contributed by atoms with Crippen LogP contribution in [-0.4, -0.2) is 66.8 Å². The van der Waals surface area contributed by atoms with Crippen LogP contribution in [0.25, 0.3) is 0 Å². The van der Waals surface area contributed by atoms with Gasteiger partial charge in [0.25, 0.3) is 0 Å². The molecule has 7 nitrogen and oxygen atoms in total. The molecular formula is C24H38IN5O2. The van der Waals surface area contributed by atoms with Crippen molar-refractivity contribution in [2.45, 2.75) is 58.0 Å². The quantitative estimate of drug-likeness (QED) is 0.308. The van der Waals surface area contributed by atoms with Crippen molar-refractivity contribution < 1.29 is 9.59 Å². The maximum absolute atomic E-state index is 12.8. The van der Waals surface area contributed by atoms with E-state index in [-0.39, 0.29) is 48.4 Å². The Bertz CT molecular complexity index is 752. The number of rotatable bonds is 7. The van der Waals surface area contributed by atoms with E-state index >= 15 is 0 Å². The third-order valence-electron chi connectivity index (χ3n) is 6.38. The first-order valence-electron chi connectivity index (χ1n) is 11.7. The zero-order valence-corrected chi connectivity index (χ0v) is 21.7. The van der Waals surface area contributed by atoms with Crippen LogP contribution in [0.3, 0.4) is 0 Å². The first-order valence-corrected chi connectivity index (χ1v) is 11.7. The molecular weight excluding hydrogens is 517 g/mol. The van der Waals surface area contributed by atoms with E-state index in [9.17, 15) is 9.59 Å². The molecule has 1 saturated heterocycles. The first kappa shape index (κ1) is 26.4. The van der Waals surface area contributed by atoms with Crippen molar-refractivity contribution in [2.24, 2.45) is 10.9 Å². The molecule has 0 bridgehead atoms. The number of aliphatic imine (C=N–C) groups is 1.